The highest BCUT2D eigenvalue weighted by molar-refractivity contribution is 7.99. The molecule has 0 fully saturated rings. The van der Waals surface area contributed by atoms with Crippen molar-refractivity contribution in [2.75, 3.05) is 24.8 Å². The molecule has 0 aliphatic heterocycles. The molecule has 3 aromatic rings. The summed E-state index contributed by atoms with van der Waals surface area (Å²) in [5.41, 5.74) is 6.73. The molecule has 12 heteroatoms. The lowest BCUT2D eigenvalue weighted by molar-refractivity contribution is -0.113. The van der Waals surface area contributed by atoms with E-state index in [1.165, 1.54) is 18.9 Å². The number of aromatic nitrogens is 3. The van der Waals surface area contributed by atoms with Gasteiger partial charge in [-0.3, -0.25) is 14.2 Å². The second-order valence-corrected chi connectivity index (χ2v) is 9.85. The number of ether oxygens (including phenoxy) is 2. The lowest BCUT2D eigenvalue weighted by atomic mass is 10.1. The minimum Gasteiger partial charge on any atom is -0.494 e. The van der Waals surface area contributed by atoms with E-state index in [0.717, 1.165) is 35.5 Å². The molecule has 3 N–H and O–H groups in total. The first-order chi connectivity index (χ1) is 17.8. The smallest absolute Gasteiger partial charge is 0.341 e. The summed E-state index contributed by atoms with van der Waals surface area (Å²) in [6.45, 7) is 8.62. The molecular formula is C25H29N5O5S2. The van der Waals surface area contributed by atoms with Crippen molar-refractivity contribution in [3.05, 3.63) is 52.9 Å². The topological polar surface area (TPSA) is 138 Å². The summed E-state index contributed by atoms with van der Waals surface area (Å²) in [5.74, 6) is -0.336. The van der Waals surface area contributed by atoms with Gasteiger partial charge in [0.15, 0.2) is 11.0 Å². The van der Waals surface area contributed by atoms with Gasteiger partial charge in [-0.15, -0.1) is 28.1 Å². The fourth-order valence-electron chi connectivity index (χ4n) is 3.41. The molecule has 3 rings (SSSR count). The lowest BCUT2D eigenvalue weighted by Gasteiger charge is -2.09. The van der Waals surface area contributed by atoms with Gasteiger partial charge in [0.2, 0.25) is 5.91 Å². The molecule has 1 aromatic carbocycles. The first-order valence-corrected chi connectivity index (χ1v) is 13.3. The number of hydrogen-bond acceptors (Lipinski definition) is 9. The number of nitrogens with one attached hydrogen (secondary N) is 1. The number of benzene rings is 1. The van der Waals surface area contributed by atoms with E-state index in [-0.39, 0.29) is 21.2 Å². The van der Waals surface area contributed by atoms with Gasteiger partial charge in [0.1, 0.15) is 10.8 Å². The second-order valence-electron chi connectivity index (χ2n) is 7.88. The van der Waals surface area contributed by atoms with Gasteiger partial charge in [0.25, 0.3) is 5.91 Å². The number of thioether (sulfide) groups is 1. The number of nitrogens with two attached hydrogens (primary N) is 1. The monoisotopic (exact) mass is 543 g/mol. The third-order valence-electron chi connectivity index (χ3n) is 5.25. The third-order valence-corrected chi connectivity index (χ3v) is 7.44. The van der Waals surface area contributed by atoms with Crippen molar-refractivity contribution in [1.29, 1.82) is 0 Å². The molecule has 0 spiro atoms. The number of esters is 1. The maximum Gasteiger partial charge on any atom is 0.341 e. The van der Waals surface area contributed by atoms with Crippen LogP contribution in [0.25, 0.3) is 11.4 Å². The fraction of sp³-hybridized carbons (Fsp3) is 0.320. The Morgan fingerprint density at radius 2 is 1.97 bits per heavy atom. The molecule has 0 unspecified atom stereocenters. The SMILES string of the molecule is C=CCn1c(SCC(=O)Nc2sc(C(N)=O)c(C)c2C(=O)OC)nnc1-c1ccc(OCCCC)cc1. The van der Waals surface area contributed by atoms with E-state index in [1.807, 2.05) is 28.8 Å². The summed E-state index contributed by atoms with van der Waals surface area (Å²) in [6.07, 6.45) is 3.78. The first kappa shape index (κ1) is 27.9. The molecule has 0 bridgehead atoms. The number of amides is 2. The van der Waals surface area contributed by atoms with Gasteiger partial charge in [-0.25, -0.2) is 4.79 Å². The zero-order chi connectivity index (χ0) is 26.9. The van der Waals surface area contributed by atoms with Crippen LogP contribution in [0.15, 0.2) is 42.1 Å². The Labute approximate surface area is 223 Å². The number of methoxy groups -OCH3 is 1. The van der Waals surface area contributed by atoms with E-state index in [4.69, 9.17) is 15.2 Å². The van der Waals surface area contributed by atoms with Gasteiger partial charge < -0.3 is 20.5 Å². The van der Waals surface area contributed by atoms with Crippen LogP contribution in [0.5, 0.6) is 5.75 Å². The highest BCUT2D eigenvalue weighted by Gasteiger charge is 2.25. The average Bonchev–Trinajstić information content (AvgIpc) is 3.43. The highest BCUT2D eigenvalue weighted by atomic mass is 32.2. The van der Waals surface area contributed by atoms with Crippen LogP contribution < -0.4 is 15.8 Å². The lowest BCUT2D eigenvalue weighted by Crippen LogP contribution is -2.16. The highest BCUT2D eigenvalue weighted by Crippen LogP contribution is 2.34. The summed E-state index contributed by atoms with van der Waals surface area (Å²) < 4.78 is 12.4. The number of nitrogens with zero attached hydrogens (tertiary/aromatic N) is 3. The maximum atomic E-state index is 12.7. The van der Waals surface area contributed by atoms with Crippen LogP contribution in [0.2, 0.25) is 0 Å². The van der Waals surface area contributed by atoms with E-state index in [9.17, 15) is 14.4 Å². The summed E-state index contributed by atoms with van der Waals surface area (Å²) in [5, 5.41) is 12.0. The molecule has 2 aromatic heterocycles. The van der Waals surface area contributed by atoms with E-state index < -0.39 is 17.8 Å². The minimum atomic E-state index is -0.687. The largest absolute Gasteiger partial charge is 0.494 e. The zero-order valence-electron chi connectivity index (χ0n) is 20.9. The maximum absolute atomic E-state index is 12.7. The first-order valence-electron chi connectivity index (χ1n) is 11.5. The zero-order valence-corrected chi connectivity index (χ0v) is 22.5. The molecule has 2 amide bonds. The van der Waals surface area contributed by atoms with Crippen LogP contribution in [0, 0.1) is 6.92 Å². The Kier molecular flexibility index (Phi) is 9.86. The summed E-state index contributed by atoms with van der Waals surface area (Å²) in [4.78, 5) is 36.9. The number of hydrogen-bond donors (Lipinski definition) is 2. The molecule has 196 valence electrons. The fourth-order valence-corrected chi connectivity index (χ4v) is 5.23. The van der Waals surface area contributed by atoms with Crippen molar-refractivity contribution >= 4 is 45.9 Å². The Hall–Kier alpha value is -3.64. The molecule has 37 heavy (non-hydrogen) atoms. The number of anilines is 1. The molecular weight excluding hydrogens is 514 g/mol. The molecule has 0 atom stereocenters. The van der Waals surface area contributed by atoms with Crippen molar-refractivity contribution in [2.24, 2.45) is 5.73 Å². The predicted octanol–water partition coefficient (Wildman–Crippen LogP) is 4.30. The van der Waals surface area contributed by atoms with E-state index in [1.54, 1.807) is 13.0 Å². The van der Waals surface area contributed by atoms with Gasteiger partial charge in [-0.05, 0) is 43.2 Å². The van der Waals surface area contributed by atoms with Gasteiger partial charge in [0.05, 0.1) is 29.9 Å². The van der Waals surface area contributed by atoms with Crippen molar-refractivity contribution in [3.8, 4) is 17.1 Å². The number of primary amides is 1. The van der Waals surface area contributed by atoms with Gasteiger partial charge >= 0.3 is 5.97 Å². The van der Waals surface area contributed by atoms with Gasteiger partial charge in [0, 0.05) is 12.1 Å². The standard InChI is InChI=1S/C25H29N5O5S2/c1-5-7-13-35-17-10-8-16(9-11-17)22-28-29-25(30(22)12-6-2)36-14-18(31)27-23-19(24(33)34-4)15(3)20(37-23)21(26)32/h6,8-11H,2,5,7,12-14H2,1,3-4H3,(H2,26,32)(H,27,31). The third kappa shape index (κ3) is 6.77. The number of unbranched alkanes of at least 4 members (excludes halogenated alkanes) is 1. The quantitative estimate of drug-likeness (QED) is 0.141. The molecule has 0 saturated heterocycles. The predicted molar refractivity (Wildman–Crippen MR) is 144 cm³/mol. The van der Waals surface area contributed by atoms with Crippen LogP contribution in [0.3, 0.4) is 0 Å². The number of thiophene rings is 1. The van der Waals surface area contributed by atoms with E-state index in [0.29, 0.717) is 29.7 Å². The van der Waals surface area contributed by atoms with Crippen LogP contribution in [-0.2, 0) is 16.1 Å². The molecule has 2 heterocycles. The molecule has 0 aliphatic rings. The van der Waals surface area contributed by atoms with Crippen LogP contribution >= 0.6 is 23.1 Å². The molecule has 0 radical (unpaired) electrons. The Bertz CT molecular complexity index is 1280. The van der Waals surface area contributed by atoms with Crippen LogP contribution in [-0.4, -0.2) is 52.0 Å². The van der Waals surface area contributed by atoms with Crippen molar-refractivity contribution in [3.63, 3.8) is 0 Å². The molecule has 0 aliphatic carbocycles. The number of allylic oxidation sites excluding steroid dienone is 1. The van der Waals surface area contributed by atoms with Crippen LogP contribution in [0.4, 0.5) is 5.00 Å². The van der Waals surface area contributed by atoms with E-state index in [2.05, 4.69) is 29.0 Å². The number of carbonyl (C=O) groups excluding carboxylic acids is 3. The number of carbonyl (C=O) groups is 3. The Morgan fingerprint density at radius 1 is 1.24 bits per heavy atom. The summed E-state index contributed by atoms with van der Waals surface area (Å²) in [6, 6.07) is 7.60. The molecule has 10 nitrogen and oxygen atoms in total. The van der Waals surface area contributed by atoms with Crippen LogP contribution in [0.1, 0.15) is 45.4 Å². The summed E-state index contributed by atoms with van der Waals surface area (Å²) >= 11 is 2.12. The van der Waals surface area contributed by atoms with Gasteiger partial charge in [-0.2, -0.15) is 0 Å². The Balaban J connectivity index is 1.74. The second kappa shape index (κ2) is 13.1. The van der Waals surface area contributed by atoms with Crippen molar-refractivity contribution < 1.29 is 23.9 Å². The molecule has 0 saturated carbocycles. The normalized spacial score (nSPS) is 10.7. The van der Waals surface area contributed by atoms with Gasteiger partial charge in [-0.1, -0.05) is 31.2 Å². The van der Waals surface area contributed by atoms with E-state index >= 15 is 0 Å². The van der Waals surface area contributed by atoms with Crippen molar-refractivity contribution in [1.82, 2.24) is 14.8 Å². The number of rotatable bonds is 13. The van der Waals surface area contributed by atoms with Crippen molar-refractivity contribution in [2.45, 2.75) is 38.4 Å². The minimum absolute atomic E-state index is 0.0110. The average molecular weight is 544 g/mol. The summed E-state index contributed by atoms with van der Waals surface area (Å²) in [7, 11) is 1.22. The Morgan fingerprint density at radius 3 is 2.59 bits per heavy atom.